The van der Waals surface area contributed by atoms with Crippen LogP contribution in [0.5, 0.6) is 23.0 Å². The minimum Gasteiger partial charge on any atom is -0.504 e. The van der Waals surface area contributed by atoms with Crippen molar-refractivity contribution >= 4 is 5.97 Å². The lowest BCUT2D eigenvalue weighted by atomic mass is 9.73. The van der Waals surface area contributed by atoms with E-state index in [1.165, 1.54) is 24.3 Å². The number of benzene rings is 2. The van der Waals surface area contributed by atoms with Crippen molar-refractivity contribution in [2.75, 3.05) is 0 Å². The van der Waals surface area contributed by atoms with Gasteiger partial charge < -0.3 is 25.5 Å². The second-order valence-electron chi connectivity index (χ2n) is 5.63. The van der Waals surface area contributed by atoms with E-state index in [2.05, 4.69) is 0 Å². The van der Waals surface area contributed by atoms with Crippen molar-refractivity contribution in [2.24, 2.45) is 0 Å². The maximum atomic E-state index is 11.0. The van der Waals surface area contributed by atoms with Gasteiger partial charge in [0.1, 0.15) is 0 Å². The zero-order valence-electron chi connectivity index (χ0n) is 12.5. The number of hydrogen-bond donors (Lipinski definition) is 5. The van der Waals surface area contributed by atoms with Crippen LogP contribution in [0.2, 0.25) is 0 Å². The van der Waals surface area contributed by atoms with E-state index in [0.29, 0.717) is 11.1 Å². The van der Waals surface area contributed by atoms with Crippen LogP contribution in [0.15, 0.2) is 36.4 Å². The number of carboxylic acids is 1. The lowest BCUT2D eigenvalue weighted by Crippen LogP contribution is -2.24. The summed E-state index contributed by atoms with van der Waals surface area (Å²) in [6.07, 6.45) is 0.0799. The highest BCUT2D eigenvalue weighted by Crippen LogP contribution is 2.41. The number of hydrogen-bond acceptors (Lipinski definition) is 5. The maximum Gasteiger partial charge on any atom is 0.303 e. The Kier molecular flexibility index (Phi) is 4.36. The summed E-state index contributed by atoms with van der Waals surface area (Å²) in [5.74, 6) is -2.15. The Hall–Kier alpha value is -2.89. The van der Waals surface area contributed by atoms with Crippen molar-refractivity contribution in [3.63, 3.8) is 0 Å². The predicted octanol–water partition coefficient (Wildman–Crippen LogP) is 2.68. The van der Waals surface area contributed by atoms with E-state index >= 15 is 0 Å². The molecule has 23 heavy (non-hydrogen) atoms. The molecule has 0 aliphatic rings. The average molecular weight is 318 g/mol. The first-order chi connectivity index (χ1) is 10.7. The molecule has 0 spiro atoms. The molecule has 5 N–H and O–H groups in total. The molecule has 0 amide bonds. The van der Waals surface area contributed by atoms with Crippen LogP contribution >= 0.6 is 0 Å². The number of carbonyl (C=O) groups is 1. The Labute approximate surface area is 132 Å². The quantitative estimate of drug-likeness (QED) is 0.541. The van der Waals surface area contributed by atoms with Crippen LogP contribution < -0.4 is 0 Å². The lowest BCUT2D eigenvalue weighted by Gasteiger charge is -2.31. The van der Waals surface area contributed by atoms with Crippen molar-refractivity contribution in [1.29, 1.82) is 0 Å². The molecule has 6 nitrogen and oxygen atoms in total. The monoisotopic (exact) mass is 318 g/mol. The van der Waals surface area contributed by atoms with Gasteiger partial charge >= 0.3 is 5.97 Å². The Morgan fingerprint density at radius 2 is 1.30 bits per heavy atom. The van der Waals surface area contributed by atoms with Crippen LogP contribution in [-0.4, -0.2) is 31.5 Å². The van der Waals surface area contributed by atoms with E-state index in [4.69, 9.17) is 5.11 Å². The van der Waals surface area contributed by atoms with Gasteiger partial charge in [-0.1, -0.05) is 19.1 Å². The van der Waals surface area contributed by atoms with Crippen molar-refractivity contribution in [2.45, 2.75) is 25.2 Å². The molecule has 0 heterocycles. The number of aromatic hydroxyl groups is 4. The summed E-state index contributed by atoms with van der Waals surface area (Å²) in [7, 11) is 0. The van der Waals surface area contributed by atoms with E-state index in [1.54, 1.807) is 19.1 Å². The molecule has 0 aromatic heterocycles. The van der Waals surface area contributed by atoms with Crippen molar-refractivity contribution in [3.8, 4) is 23.0 Å². The van der Waals surface area contributed by atoms with Crippen LogP contribution in [0.1, 0.15) is 30.9 Å². The smallest absolute Gasteiger partial charge is 0.303 e. The van der Waals surface area contributed by atoms with Crippen molar-refractivity contribution in [1.82, 2.24) is 0 Å². The second kappa shape index (κ2) is 6.08. The maximum absolute atomic E-state index is 11.0. The summed E-state index contributed by atoms with van der Waals surface area (Å²) >= 11 is 0. The third kappa shape index (κ3) is 3.31. The van der Waals surface area contributed by atoms with Crippen LogP contribution in [0.25, 0.3) is 0 Å². The predicted molar refractivity (Wildman–Crippen MR) is 82.9 cm³/mol. The first-order valence-corrected chi connectivity index (χ1v) is 7.01. The molecule has 0 fully saturated rings. The first-order valence-electron chi connectivity index (χ1n) is 7.01. The van der Waals surface area contributed by atoms with Gasteiger partial charge in [-0.2, -0.15) is 0 Å². The fourth-order valence-electron chi connectivity index (χ4n) is 2.55. The molecule has 0 atom stereocenters. The minimum atomic E-state index is -0.970. The summed E-state index contributed by atoms with van der Waals surface area (Å²) in [5.41, 5.74) is 0.327. The molecule has 0 aliphatic heterocycles. The van der Waals surface area contributed by atoms with Crippen molar-refractivity contribution in [3.05, 3.63) is 47.5 Å². The van der Waals surface area contributed by atoms with Gasteiger partial charge in [0.25, 0.3) is 0 Å². The number of aliphatic carboxylic acids is 1. The standard InChI is InChI=1S/C17H18O6/c1-17(7-6-16(22)23,10-2-4-12(18)14(20)8-10)11-3-5-13(19)15(21)9-11/h2-5,8-9,18-21H,6-7H2,1H3,(H,22,23). The number of rotatable bonds is 5. The Morgan fingerprint density at radius 1 is 0.870 bits per heavy atom. The SMILES string of the molecule is CC(CCC(=O)O)(c1ccc(O)c(O)c1)c1ccc(O)c(O)c1. The zero-order valence-corrected chi connectivity index (χ0v) is 12.5. The fourth-order valence-corrected chi connectivity index (χ4v) is 2.55. The molecular formula is C17H18O6. The topological polar surface area (TPSA) is 118 Å². The Morgan fingerprint density at radius 3 is 1.65 bits per heavy atom. The Balaban J connectivity index is 2.56. The zero-order chi connectivity index (χ0) is 17.2. The molecule has 0 saturated heterocycles. The van der Waals surface area contributed by atoms with Crippen LogP contribution in [-0.2, 0) is 10.2 Å². The lowest BCUT2D eigenvalue weighted by molar-refractivity contribution is -0.137. The van der Waals surface area contributed by atoms with Gasteiger partial charge in [0, 0.05) is 11.8 Å². The van der Waals surface area contributed by atoms with E-state index in [-0.39, 0.29) is 35.8 Å². The first kappa shape index (κ1) is 16.5. The highest BCUT2D eigenvalue weighted by atomic mass is 16.4. The van der Waals surface area contributed by atoms with Crippen LogP contribution in [0.4, 0.5) is 0 Å². The van der Waals surface area contributed by atoms with Gasteiger partial charge in [0.15, 0.2) is 23.0 Å². The normalized spacial score (nSPS) is 11.3. The summed E-state index contributed by atoms with van der Waals surface area (Å²) in [6.45, 7) is 1.77. The van der Waals surface area contributed by atoms with Gasteiger partial charge in [-0.05, 0) is 41.8 Å². The molecule has 0 saturated carbocycles. The van der Waals surface area contributed by atoms with Crippen LogP contribution in [0.3, 0.4) is 0 Å². The van der Waals surface area contributed by atoms with Gasteiger partial charge in [0.2, 0.25) is 0 Å². The Bertz CT molecular complexity index is 686. The summed E-state index contributed by atoms with van der Waals surface area (Å²) < 4.78 is 0. The molecule has 6 heteroatoms. The molecule has 2 rings (SSSR count). The number of phenols is 4. The summed E-state index contributed by atoms with van der Waals surface area (Å²) in [5, 5.41) is 47.4. The number of carboxylic acid groups (broad SMARTS) is 1. The summed E-state index contributed by atoms with van der Waals surface area (Å²) in [6, 6.07) is 8.54. The molecule has 0 unspecified atom stereocenters. The average Bonchev–Trinajstić information content (AvgIpc) is 2.50. The van der Waals surface area contributed by atoms with E-state index in [0.717, 1.165) is 0 Å². The molecule has 0 bridgehead atoms. The highest BCUT2D eigenvalue weighted by Gasteiger charge is 2.31. The molecule has 2 aromatic carbocycles. The van der Waals surface area contributed by atoms with Crippen LogP contribution in [0, 0.1) is 0 Å². The van der Waals surface area contributed by atoms with E-state index < -0.39 is 11.4 Å². The third-order valence-electron chi connectivity index (χ3n) is 4.06. The van der Waals surface area contributed by atoms with E-state index in [9.17, 15) is 25.2 Å². The molecule has 2 aromatic rings. The molecule has 0 aliphatic carbocycles. The largest absolute Gasteiger partial charge is 0.504 e. The van der Waals surface area contributed by atoms with E-state index in [1.807, 2.05) is 0 Å². The second-order valence-corrected chi connectivity index (χ2v) is 5.63. The summed E-state index contributed by atoms with van der Waals surface area (Å²) in [4.78, 5) is 11.0. The highest BCUT2D eigenvalue weighted by molar-refractivity contribution is 5.67. The third-order valence-corrected chi connectivity index (χ3v) is 4.06. The fraction of sp³-hybridized carbons (Fsp3) is 0.235. The minimum absolute atomic E-state index is 0.125. The van der Waals surface area contributed by atoms with Gasteiger partial charge in [-0.3, -0.25) is 4.79 Å². The van der Waals surface area contributed by atoms with Crippen molar-refractivity contribution < 1.29 is 30.3 Å². The van der Waals surface area contributed by atoms with Gasteiger partial charge in [-0.25, -0.2) is 0 Å². The molecule has 122 valence electrons. The van der Waals surface area contributed by atoms with Gasteiger partial charge in [-0.15, -0.1) is 0 Å². The molecular weight excluding hydrogens is 300 g/mol. The molecule has 0 radical (unpaired) electrons. The van der Waals surface area contributed by atoms with Gasteiger partial charge in [0.05, 0.1) is 0 Å². The number of phenolic OH excluding ortho intramolecular Hbond substituents is 4.